The summed E-state index contributed by atoms with van der Waals surface area (Å²) in [7, 11) is -3.76. The van der Waals surface area contributed by atoms with Crippen LogP contribution < -0.4 is 10.5 Å². The molecule has 2 aromatic rings. The number of hydrogen-bond donors (Lipinski definition) is 2. The SMILES string of the molecule is NC(=S)c1ccc(S(=O)(=O)Nc2cccc(Cl)c2Cl)s1. The van der Waals surface area contributed by atoms with Crippen LogP contribution in [0.25, 0.3) is 0 Å². The van der Waals surface area contributed by atoms with E-state index < -0.39 is 10.0 Å². The number of benzene rings is 1. The molecule has 0 bridgehead atoms. The molecule has 0 saturated heterocycles. The highest BCUT2D eigenvalue weighted by atomic mass is 35.5. The van der Waals surface area contributed by atoms with Crippen LogP contribution >= 0.6 is 46.8 Å². The van der Waals surface area contributed by atoms with E-state index in [0.29, 0.717) is 4.88 Å². The van der Waals surface area contributed by atoms with Gasteiger partial charge in [0.1, 0.15) is 9.20 Å². The van der Waals surface area contributed by atoms with Crippen LogP contribution in [0.3, 0.4) is 0 Å². The second-order valence-corrected chi connectivity index (χ2v) is 7.91. The lowest BCUT2D eigenvalue weighted by Gasteiger charge is -2.08. The molecule has 9 heteroatoms. The Hall–Kier alpha value is -0.860. The largest absolute Gasteiger partial charge is 0.389 e. The first-order chi connectivity index (χ1) is 9.31. The lowest BCUT2D eigenvalue weighted by molar-refractivity contribution is 0.603. The number of anilines is 1. The van der Waals surface area contributed by atoms with E-state index in [0.717, 1.165) is 11.3 Å². The third-order valence-electron chi connectivity index (χ3n) is 2.28. The molecule has 4 nitrogen and oxygen atoms in total. The minimum Gasteiger partial charge on any atom is -0.389 e. The summed E-state index contributed by atoms with van der Waals surface area (Å²) < 4.78 is 26.9. The van der Waals surface area contributed by atoms with Crippen LogP contribution in [0.2, 0.25) is 10.0 Å². The first-order valence-corrected chi connectivity index (χ1v) is 8.64. The number of hydrogen-bond acceptors (Lipinski definition) is 4. The van der Waals surface area contributed by atoms with Crippen molar-refractivity contribution in [3.05, 3.63) is 45.3 Å². The van der Waals surface area contributed by atoms with Crippen LogP contribution in [0.15, 0.2) is 34.5 Å². The summed E-state index contributed by atoms with van der Waals surface area (Å²) in [6, 6.07) is 7.67. The van der Waals surface area contributed by atoms with Gasteiger partial charge in [-0.2, -0.15) is 0 Å². The van der Waals surface area contributed by atoms with Crippen LogP contribution in [0.4, 0.5) is 5.69 Å². The molecule has 0 amide bonds. The highest BCUT2D eigenvalue weighted by molar-refractivity contribution is 7.94. The summed E-state index contributed by atoms with van der Waals surface area (Å²) in [5, 5.41) is 0.408. The fourth-order valence-electron chi connectivity index (χ4n) is 1.37. The molecule has 106 valence electrons. The average molecular weight is 367 g/mol. The van der Waals surface area contributed by atoms with Crippen molar-refractivity contribution in [2.75, 3.05) is 4.72 Å². The molecule has 0 saturated carbocycles. The van der Waals surface area contributed by atoms with Crippen molar-refractivity contribution >= 4 is 67.5 Å². The molecule has 1 aromatic carbocycles. The Bertz CT molecular complexity index is 772. The van der Waals surface area contributed by atoms with E-state index in [2.05, 4.69) is 4.72 Å². The normalized spacial score (nSPS) is 11.3. The second-order valence-electron chi connectivity index (χ2n) is 3.69. The van der Waals surface area contributed by atoms with Gasteiger partial charge in [0.2, 0.25) is 0 Å². The number of thiophene rings is 1. The van der Waals surface area contributed by atoms with Crippen LogP contribution in [-0.2, 0) is 10.0 Å². The molecular formula is C11H8Cl2N2O2S3. The maximum Gasteiger partial charge on any atom is 0.271 e. The molecule has 20 heavy (non-hydrogen) atoms. The number of halogens is 2. The highest BCUT2D eigenvalue weighted by Crippen LogP contribution is 2.32. The topological polar surface area (TPSA) is 72.2 Å². The Labute approximate surface area is 135 Å². The van der Waals surface area contributed by atoms with Crippen LogP contribution in [0.1, 0.15) is 4.88 Å². The molecule has 1 aromatic heterocycles. The van der Waals surface area contributed by atoms with Gasteiger partial charge in [-0.15, -0.1) is 11.3 Å². The molecule has 0 unspecified atom stereocenters. The average Bonchev–Trinajstić information content (AvgIpc) is 2.85. The van der Waals surface area contributed by atoms with Gasteiger partial charge in [-0.25, -0.2) is 8.42 Å². The maximum atomic E-state index is 12.2. The minimum atomic E-state index is -3.76. The Morgan fingerprint density at radius 3 is 2.55 bits per heavy atom. The third-order valence-corrected chi connectivity index (χ3v) is 6.43. The first-order valence-electron chi connectivity index (χ1n) is 5.18. The van der Waals surface area contributed by atoms with Crippen molar-refractivity contribution in [2.24, 2.45) is 5.73 Å². The van der Waals surface area contributed by atoms with Gasteiger partial charge in [0.05, 0.1) is 20.6 Å². The summed E-state index contributed by atoms with van der Waals surface area (Å²) in [5.74, 6) is 0. The van der Waals surface area contributed by atoms with Gasteiger partial charge < -0.3 is 5.73 Å². The Balaban J connectivity index is 2.35. The monoisotopic (exact) mass is 366 g/mol. The van der Waals surface area contributed by atoms with Crippen molar-refractivity contribution in [1.82, 2.24) is 0 Å². The van der Waals surface area contributed by atoms with Crippen molar-refractivity contribution in [3.63, 3.8) is 0 Å². The van der Waals surface area contributed by atoms with Gasteiger partial charge in [0, 0.05) is 0 Å². The zero-order chi connectivity index (χ0) is 14.9. The van der Waals surface area contributed by atoms with E-state index in [1.807, 2.05) is 0 Å². The zero-order valence-corrected chi connectivity index (χ0v) is 13.7. The number of sulfonamides is 1. The van der Waals surface area contributed by atoms with E-state index in [4.69, 9.17) is 41.2 Å². The van der Waals surface area contributed by atoms with Gasteiger partial charge >= 0.3 is 0 Å². The van der Waals surface area contributed by atoms with Crippen molar-refractivity contribution < 1.29 is 8.42 Å². The maximum absolute atomic E-state index is 12.2. The molecule has 2 rings (SSSR count). The fourth-order valence-corrected chi connectivity index (χ4v) is 4.20. The van der Waals surface area contributed by atoms with E-state index >= 15 is 0 Å². The van der Waals surface area contributed by atoms with Crippen molar-refractivity contribution in [1.29, 1.82) is 0 Å². The minimum absolute atomic E-state index is 0.0938. The molecular weight excluding hydrogens is 359 g/mol. The van der Waals surface area contributed by atoms with Gasteiger partial charge in [-0.1, -0.05) is 41.5 Å². The molecule has 3 N–H and O–H groups in total. The molecule has 0 atom stereocenters. The Morgan fingerprint density at radius 1 is 1.25 bits per heavy atom. The summed E-state index contributed by atoms with van der Waals surface area (Å²) in [6.07, 6.45) is 0. The van der Waals surface area contributed by atoms with Gasteiger partial charge in [-0.05, 0) is 24.3 Å². The first kappa shape index (κ1) is 15.5. The Kier molecular flexibility index (Phi) is 4.55. The molecule has 0 spiro atoms. The summed E-state index contributed by atoms with van der Waals surface area (Å²) in [6.45, 7) is 0. The quantitative estimate of drug-likeness (QED) is 0.812. The summed E-state index contributed by atoms with van der Waals surface area (Å²) in [5.41, 5.74) is 5.67. The van der Waals surface area contributed by atoms with E-state index in [1.165, 1.54) is 12.1 Å². The zero-order valence-electron chi connectivity index (χ0n) is 9.76. The van der Waals surface area contributed by atoms with Crippen LogP contribution in [0, 0.1) is 0 Å². The van der Waals surface area contributed by atoms with E-state index in [-0.39, 0.29) is 24.9 Å². The molecule has 0 fully saturated rings. The van der Waals surface area contributed by atoms with E-state index in [1.54, 1.807) is 18.2 Å². The molecule has 0 aliphatic rings. The predicted molar refractivity (Wildman–Crippen MR) is 87.5 cm³/mol. The standard InChI is InChI=1S/C11H8Cl2N2O2S3/c12-6-2-1-3-7(10(6)13)15-20(16,17)9-5-4-8(19-9)11(14)18/h1-5,15H,(H2,14,18). The molecule has 0 radical (unpaired) electrons. The number of rotatable bonds is 4. The molecule has 1 heterocycles. The fraction of sp³-hybridized carbons (Fsp3) is 0. The predicted octanol–water partition coefficient (Wildman–Crippen LogP) is 3.49. The smallest absolute Gasteiger partial charge is 0.271 e. The van der Waals surface area contributed by atoms with Crippen molar-refractivity contribution in [2.45, 2.75) is 4.21 Å². The van der Waals surface area contributed by atoms with Gasteiger partial charge in [0.15, 0.2) is 0 Å². The van der Waals surface area contributed by atoms with Crippen LogP contribution in [0.5, 0.6) is 0 Å². The number of thiocarbonyl (C=S) groups is 1. The summed E-state index contributed by atoms with van der Waals surface area (Å²) in [4.78, 5) is 0.676. The van der Waals surface area contributed by atoms with Crippen LogP contribution in [-0.4, -0.2) is 13.4 Å². The van der Waals surface area contributed by atoms with E-state index in [9.17, 15) is 8.42 Å². The lowest BCUT2D eigenvalue weighted by atomic mass is 10.3. The van der Waals surface area contributed by atoms with Gasteiger partial charge in [0.25, 0.3) is 10.0 Å². The third kappa shape index (κ3) is 3.24. The number of nitrogens with two attached hydrogens (primary N) is 1. The number of nitrogens with one attached hydrogen (secondary N) is 1. The lowest BCUT2D eigenvalue weighted by Crippen LogP contribution is -2.12. The summed E-state index contributed by atoms with van der Waals surface area (Å²) >= 11 is 17.6. The second kappa shape index (κ2) is 5.87. The van der Waals surface area contributed by atoms with Crippen molar-refractivity contribution in [3.8, 4) is 0 Å². The molecule has 0 aliphatic heterocycles. The highest BCUT2D eigenvalue weighted by Gasteiger charge is 2.19. The molecule has 0 aliphatic carbocycles. The van der Waals surface area contributed by atoms with Gasteiger partial charge in [-0.3, -0.25) is 4.72 Å². The Morgan fingerprint density at radius 2 is 1.95 bits per heavy atom.